The maximum Gasteiger partial charge on any atom is 0.227 e. The molecule has 1 aliphatic rings. The molecule has 0 spiro atoms. The highest BCUT2D eigenvalue weighted by Crippen LogP contribution is 2.31. The highest BCUT2D eigenvalue weighted by molar-refractivity contribution is 5.84. The van der Waals surface area contributed by atoms with Gasteiger partial charge in [-0.1, -0.05) is 24.3 Å². The zero-order valence-electron chi connectivity index (χ0n) is 14.4. The van der Waals surface area contributed by atoms with Crippen LogP contribution in [0.25, 0.3) is 0 Å². The Kier molecular flexibility index (Phi) is 4.24. The summed E-state index contributed by atoms with van der Waals surface area (Å²) in [4.78, 5) is 12.8. The van der Waals surface area contributed by atoms with Crippen molar-refractivity contribution in [2.24, 2.45) is 7.05 Å². The van der Waals surface area contributed by atoms with Crippen molar-refractivity contribution >= 4 is 5.91 Å². The average Bonchev–Trinajstić information content (AvgIpc) is 2.79. The molecule has 1 aliphatic carbocycles. The summed E-state index contributed by atoms with van der Waals surface area (Å²) in [6, 6.07) is 8.58. The fraction of sp³-hybridized carbons (Fsp3) is 0.474. The molecule has 4 nitrogen and oxygen atoms in total. The molecule has 0 saturated heterocycles. The van der Waals surface area contributed by atoms with Gasteiger partial charge >= 0.3 is 0 Å². The van der Waals surface area contributed by atoms with Gasteiger partial charge in [-0.2, -0.15) is 5.10 Å². The first-order valence-electron chi connectivity index (χ1n) is 8.37. The molecular formula is C19H25N3O. The van der Waals surface area contributed by atoms with Crippen LogP contribution in [-0.2, 0) is 18.3 Å². The van der Waals surface area contributed by atoms with E-state index in [0.717, 1.165) is 36.2 Å². The normalized spacial score (nSPS) is 18.3. The number of carbonyl (C=O) groups is 1. The third-order valence-electron chi connectivity index (χ3n) is 5.08. The topological polar surface area (TPSA) is 46.9 Å². The van der Waals surface area contributed by atoms with Crippen LogP contribution in [0, 0.1) is 13.8 Å². The Morgan fingerprint density at radius 3 is 2.78 bits per heavy atom. The quantitative estimate of drug-likeness (QED) is 0.945. The minimum Gasteiger partial charge on any atom is -0.349 e. The number of hydrogen-bond acceptors (Lipinski definition) is 2. The Balaban J connectivity index is 1.80. The monoisotopic (exact) mass is 311 g/mol. The molecule has 1 amide bonds. The van der Waals surface area contributed by atoms with E-state index in [2.05, 4.69) is 34.7 Å². The number of carbonyl (C=O) groups excluding carboxylic acids is 1. The number of fused-ring (bicyclic) bond motifs is 1. The number of rotatable bonds is 3. The lowest BCUT2D eigenvalue weighted by molar-refractivity contribution is -0.123. The van der Waals surface area contributed by atoms with Gasteiger partial charge in [0, 0.05) is 18.3 Å². The Morgan fingerprint density at radius 1 is 1.35 bits per heavy atom. The molecule has 0 fully saturated rings. The van der Waals surface area contributed by atoms with E-state index in [4.69, 9.17) is 0 Å². The zero-order valence-corrected chi connectivity index (χ0v) is 14.4. The highest BCUT2D eigenvalue weighted by Gasteiger charge is 2.27. The molecule has 0 saturated carbocycles. The van der Waals surface area contributed by atoms with Gasteiger partial charge in [0.25, 0.3) is 0 Å². The number of amides is 1. The fourth-order valence-corrected chi connectivity index (χ4v) is 3.75. The first-order valence-corrected chi connectivity index (χ1v) is 8.37. The second-order valence-corrected chi connectivity index (χ2v) is 6.58. The van der Waals surface area contributed by atoms with Crippen molar-refractivity contribution in [3.8, 4) is 0 Å². The minimum absolute atomic E-state index is 0.0888. The summed E-state index contributed by atoms with van der Waals surface area (Å²) in [6.07, 6.45) is 3.25. The van der Waals surface area contributed by atoms with Crippen LogP contribution in [0.5, 0.6) is 0 Å². The summed E-state index contributed by atoms with van der Waals surface area (Å²) in [5.74, 6) is -0.0938. The predicted molar refractivity (Wildman–Crippen MR) is 91.4 cm³/mol. The maximum absolute atomic E-state index is 12.8. The van der Waals surface area contributed by atoms with Crippen LogP contribution >= 0.6 is 0 Å². The van der Waals surface area contributed by atoms with Gasteiger partial charge in [0.2, 0.25) is 5.91 Å². The Bertz CT molecular complexity index is 732. The third kappa shape index (κ3) is 2.90. The molecular weight excluding hydrogens is 286 g/mol. The van der Waals surface area contributed by atoms with Crippen molar-refractivity contribution < 1.29 is 4.79 Å². The molecule has 0 bridgehead atoms. The van der Waals surface area contributed by atoms with Crippen LogP contribution < -0.4 is 5.32 Å². The van der Waals surface area contributed by atoms with E-state index in [1.165, 1.54) is 11.1 Å². The van der Waals surface area contributed by atoms with Crippen molar-refractivity contribution in [1.29, 1.82) is 0 Å². The van der Waals surface area contributed by atoms with Gasteiger partial charge in [-0.3, -0.25) is 9.48 Å². The number of benzene rings is 1. The van der Waals surface area contributed by atoms with Crippen molar-refractivity contribution in [3.63, 3.8) is 0 Å². The summed E-state index contributed by atoms with van der Waals surface area (Å²) in [6.45, 7) is 5.97. The van der Waals surface area contributed by atoms with Crippen LogP contribution in [0.1, 0.15) is 59.8 Å². The second kappa shape index (κ2) is 6.19. The molecule has 1 heterocycles. The van der Waals surface area contributed by atoms with Gasteiger partial charge in [-0.25, -0.2) is 0 Å². The standard InChI is InChI=1S/C19H25N3O/c1-12(18-13(2)21-22(4)14(18)3)19(23)20-17-11-7-9-15-8-5-6-10-16(15)17/h5-6,8,10,12,17H,7,9,11H2,1-4H3,(H,20,23). The van der Waals surface area contributed by atoms with Crippen LogP contribution in [0.4, 0.5) is 0 Å². The molecule has 1 aromatic heterocycles. The van der Waals surface area contributed by atoms with Crippen molar-refractivity contribution in [2.45, 2.75) is 52.0 Å². The Hall–Kier alpha value is -2.10. The van der Waals surface area contributed by atoms with E-state index in [-0.39, 0.29) is 17.9 Å². The number of aromatic nitrogens is 2. The summed E-state index contributed by atoms with van der Waals surface area (Å²) in [7, 11) is 1.92. The van der Waals surface area contributed by atoms with Gasteiger partial charge in [-0.15, -0.1) is 0 Å². The molecule has 2 aromatic rings. The summed E-state index contributed by atoms with van der Waals surface area (Å²) >= 11 is 0. The predicted octanol–water partition coefficient (Wildman–Crippen LogP) is 3.33. The molecule has 3 rings (SSSR count). The molecule has 0 radical (unpaired) electrons. The van der Waals surface area contributed by atoms with Gasteiger partial charge in [0.15, 0.2) is 0 Å². The molecule has 2 atom stereocenters. The first-order chi connectivity index (χ1) is 11.0. The van der Waals surface area contributed by atoms with Gasteiger partial charge in [0.1, 0.15) is 0 Å². The lowest BCUT2D eigenvalue weighted by Crippen LogP contribution is -2.34. The van der Waals surface area contributed by atoms with E-state index >= 15 is 0 Å². The summed E-state index contributed by atoms with van der Waals surface area (Å²) < 4.78 is 1.85. The van der Waals surface area contributed by atoms with E-state index in [1.54, 1.807) is 0 Å². The van der Waals surface area contributed by atoms with E-state index < -0.39 is 0 Å². The molecule has 1 N–H and O–H groups in total. The van der Waals surface area contributed by atoms with Gasteiger partial charge in [0.05, 0.1) is 17.7 Å². The van der Waals surface area contributed by atoms with Crippen LogP contribution in [0.2, 0.25) is 0 Å². The summed E-state index contributed by atoms with van der Waals surface area (Å²) in [5, 5.41) is 7.69. The lowest BCUT2D eigenvalue weighted by Gasteiger charge is -2.27. The molecule has 4 heteroatoms. The Labute approximate surface area is 137 Å². The number of aryl methyl sites for hydroxylation is 3. The van der Waals surface area contributed by atoms with Crippen LogP contribution in [0.15, 0.2) is 24.3 Å². The smallest absolute Gasteiger partial charge is 0.227 e. The van der Waals surface area contributed by atoms with E-state index in [9.17, 15) is 4.79 Å². The number of nitrogens with one attached hydrogen (secondary N) is 1. The zero-order chi connectivity index (χ0) is 16.6. The minimum atomic E-state index is -0.183. The van der Waals surface area contributed by atoms with Crippen molar-refractivity contribution in [2.75, 3.05) is 0 Å². The molecule has 1 aromatic carbocycles. The van der Waals surface area contributed by atoms with Crippen molar-refractivity contribution in [3.05, 3.63) is 52.3 Å². The molecule has 2 unspecified atom stereocenters. The number of hydrogen-bond donors (Lipinski definition) is 1. The lowest BCUT2D eigenvalue weighted by atomic mass is 9.87. The fourth-order valence-electron chi connectivity index (χ4n) is 3.75. The van der Waals surface area contributed by atoms with Gasteiger partial charge in [-0.05, 0) is 51.2 Å². The third-order valence-corrected chi connectivity index (χ3v) is 5.08. The second-order valence-electron chi connectivity index (χ2n) is 6.58. The Morgan fingerprint density at radius 2 is 2.09 bits per heavy atom. The average molecular weight is 311 g/mol. The SMILES string of the molecule is Cc1nn(C)c(C)c1C(C)C(=O)NC1CCCc2ccccc21. The van der Waals surface area contributed by atoms with Crippen LogP contribution in [-0.4, -0.2) is 15.7 Å². The van der Waals surface area contributed by atoms with E-state index in [0.29, 0.717) is 0 Å². The molecule has 23 heavy (non-hydrogen) atoms. The van der Waals surface area contributed by atoms with Crippen molar-refractivity contribution in [1.82, 2.24) is 15.1 Å². The summed E-state index contributed by atoms with van der Waals surface area (Å²) in [5.41, 5.74) is 5.70. The maximum atomic E-state index is 12.8. The highest BCUT2D eigenvalue weighted by atomic mass is 16.1. The first kappa shape index (κ1) is 15.8. The largest absolute Gasteiger partial charge is 0.349 e. The van der Waals surface area contributed by atoms with Crippen LogP contribution in [0.3, 0.4) is 0 Å². The molecule has 122 valence electrons. The number of nitrogens with zero attached hydrogens (tertiary/aromatic N) is 2. The molecule has 0 aliphatic heterocycles. The van der Waals surface area contributed by atoms with E-state index in [1.807, 2.05) is 32.5 Å². The van der Waals surface area contributed by atoms with Gasteiger partial charge < -0.3 is 5.32 Å².